The van der Waals surface area contributed by atoms with E-state index in [1.54, 1.807) is 0 Å². The maximum Gasteiger partial charge on any atom is 0.0283 e. The van der Waals surface area contributed by atoms with Crippen LogP contribution in [-0.4, -0.2) is 18.0 Å². The third-order valence-electron chi connectivity index (χ3n) is 4.29. The van der Waals surface area contributed by atoms with Crippen molar-refractivity contribution in [3.05, 3.63) is 48.7 Å². The Balaban J connectivity index is 2.71. The van der Waals surface area contributed by atoms with Crippen LogP contribution in [0.5, 0.6) is 0 Å². The van der Waals surface area contributed by atoms with Crippen LogP contribution in [0, 0.1) is 5.92 Å². The van der Waals surface area contributed by atoms with Gasteiger partial charge in [-0.3, -0.25) is 0 Å². The summed E-state index contributed by atoms with van der Waals surface area (Å²) in [5, 5.41) is 0. The summed E-state index contributed by atoms with van der Waals surface area (Å²) in [6.45, 7) is 12.5. The van der Waals surface area contributed by atoms with Crippen molar-refractivity contribution in [2.45, 2.75) is 52.0 Å². The summed E-state index contributed by atoms with van der Waals surface area (Å²) in [6.07, 6.45) is 14.9. The van der Waals surface area contributed by atoms with Crippen molar-refractivity contribution in [1.29, 1.82) is 0 Å². The summed E-state index contributed by atoms with van der Waals surface area (Å²) in [7, 11) is 2.20. The summed E-state index contributed by atoms with van der Waals surface area (Å²) in [6, 6.07) is 0.677. The molecule has 0 radical (unpaired) electrons. The lowest BCUT2D eigenvalue weighted by molar-refractivity contribution is 0.223. The molecule has 0 bridgehead atoms. The molecule has 1 saturated carbocycles. The van der Waals surface area contributed by atoms with Crippen molar-refractivity contribution >= 4 is 0 Å². The number of allylic oxidation sites excluding steroid dienone is 5. The minimum Gasteiger partial charge on any atom is -0.375 e. The van der Waals surface area contributed by atoms with Gasteiger partial charge in [-0.1, -0.05) is 63.6 Å². The van der Waals surface area contributed by atoms with Crippen molar-refractivity contribution in [1.82, 2.24) is 4.90 Å². The van der Waals surface area contributed by atoms with Crippen LogP contribution in [0.25, 0.3) is 0 Å². The van der Waals surface area contributed by atoms with Gasteiger partial charge >= 0.3 is 0 Å². The van der Waals surface area contributed by atoms with Gasteiger partial charge in [0.1, 0.15) is 0 Å². The van der Waals surface area contributed by atoms with Crippen LogP contribution < -0.4 is 0 Å². The van der Waals surface area contributed by atoms with E-state index in [4.69, 9.17) is 0 Å². The van der Waals surface area contributed by atoms with Crippen LogP contribution >= 0.6 is 0 Å². The van der Waals surface area contributed by atoms with Crippen LogP contribution in [0.1, 0.15) is 46.0 Å². The summed E-state index contributed by atoms with van der Waals surface area (Å²) in [4.78, 5) is 2.40. The Kier molecular flexibility index (Phi) is 6.69. The predicted octanol–water partition coefficient (Wildman–Crippen LogP) is 5.09. The molecule has 1 rings (SSSR count). The number of rotatable bonds is 6. The van der Waals surface area contributed by atoms with E-state index in [9.17, 15) is 0 Å². The van der Waals surface area contributed by atoms with E-state index in [0.717, 1.165) is 0 Å². The third-order valence-corrected chi connectivity index (χ3v) is 4.29. The number of nitrogens with zero attached hydrogens (tertiary/aromatic N) is 1. The molecular formula is C18H29N. The van der Waals surface area contributed by atoms with Crippen molar-refractivity contribution in [3.63, 3.8) is 0 Å². The first-order chi connectivity index (χ1) is 9.11. The monoisotopic (exact) mass is 259 g/mol. The van der Waals surface area contributed by atoms with Gasteiger partial charge in [-0.25, -0.2) is 0 Å². The second kappa shape index (κ2) is 8.04. The molecule has 106 valence electrons. The highest BCUT2D eigenvalue weighted by molar-refractivity contribution is 5.29. The second-order valence-electron chi connectivity index (χ2n) is 5.51. The molecule has 1 aliphatic carbocycles. The molecule has 0 spiro atoms. The second-order valence-corrected chi connectivity index (χ2v) is 5.51. The van der Waals surface area contributed by atoms with Gasteiger partial charge in [0.2, 0.25) is 0 Å². The van der Waals surface area contributed by atoms with Gasteiger partial charge in [0.05, 0.1) is 0 Å². The van der Waals surface area contributed by atoms with Crippen LogP contribution in [0.15, 0.2) is 48.7 Å². The molecule has 0 aromatic carbocycles. The quantitative estimate of drug-likeness (QED) is 0.601. The molecule has 19 heavy (non-hydrogen) atoms. The molecule has 0 aromatic rings. The van der Waals surface area contributed by atoms with Gasteiger partial charge in [-0.15, -0.1) is 0 Å². The first-order valence-electron chi connectivity index (χ1n) is 7.48. The smallest absolute Gasteiger partial charge is 0.0283 e. The topological polar surface area (TPSA) is 3.24 Å². The lowest BCUT2D eigenvalue weighted by atomic mass is 9.91. The van der Waals surface area contributed by atoms with Crippen LogP contribution in [-0.2, 0) is 0 Å². The Morgan fingerprint density at radius 3 is 2.42 bits per heavy atom. The summed E-state index contributed by atoms with van der Waals surface area (Å²) < 4.78 is 0. The molecule has 0 amide bonds. The van der Waals surface area contributed by atoms with E-state index in [0.29, 0.717) is 12.0 Å². The standard InChI is InChI=1S/C18H29N/c1-6-8-12-17(7-2)15(3)16(4)19(5)18-13-10-9-11-14-18/h6-8,12,15,18H,2,4,9-11,13-14H2,1,3,5H3/b8-6-,17-12+. The van der Waals surface area contributed by atoms with Crippen LogP contribution in [0.2, 0.25) is 0 Å². The Hall–Kier alpha value is -1.24. The molecule has 1 aliphatic rings. The zero-order chi connectivity index (χ0) is 14.3. The average Bonchev–Trinajstić information content (AvgIpc) is 2.47. The van der Waals surface area contributed by atoms with E-state index < -0.39 is 0 Å². The maximum absolute atomic E-state index is 4.32. The van der Waals surface area contributed by atoms with Gasteiger partial charge in [0.15, 0.2) is 0 Å². The highest BCUT2D eigenvalue weighted by Crippen LogP contribution is 2.29. The fraction of sp³-hybridized carbons (Fsp3) is 0.556. The van der Waals surface area contributed by atoms with Crippen molar-refractivity contribution in [2.75, 3.05) is 7.05 Å². The fourth-order valence-corrected chi connectivity index (χ4v) is 2.80. The Labute approximate surface area is 119 Å². The van der Waals surface area contributed by atoms with Crippen LogP contribution in [0.4, 0.5) is 0 Å². The summed E-state index contributed by atoms with van der Waals surface area (Å²) >= 11 is 0. The Morgan fingerprint density at radius 2 is 1.89 bits per heavy atom. The minimum atomic E-state index is 0.334. The number of hydrogen-bond donors (Lipinski definition) is 0. The van der Waals surface area contributed by atoms with E-state index in [1.807, 2.05) is 19.1 Å². The van der Waals surface area contributed by atoms with Gasteiger partial charge in [0, 0.05) is 24.7 Å². The van der Waals surface area contributed by atoms with Crippen molar-refractivity contribution < 1.29 is 0 Å². The number of hydrogen-bond acceptors (Lipinski definition) is 1. The SMILES string of the molecule is C=C/C(=C\C=C/C)C(C)C(=C)N(C)C1CCCCC1. The molecule has 0 saturated heterocycles. The first-order valence-corrected chi connectivity index (χ1v) is 7.48. The minimum absolute atomic E-state index is 0.334. The molecule has 0 N–H and O–H groups in total. The summed E-state index contributed by atoms with van der Waals surface area (Å²) in [5.41, 5.74) is 2.45. The molecule has 0 aliphatic heterocycles. The van der Waals surface area contributed by atoms with Crippen molar-refractivity contribution in [3.8, 4) is 0 Å². The molecule has 0 heterocycles. The molecule has 1 nitrogen and oxygen atoms in total. The third kappa shape index (κ3) is 4.41. The summed E-state index contributed by atoms with van der Waals surface area (Å²) in [5.74, 6) is 0.334. The normalized spacial score (nSPS) is 19.4. The first kappa shape index (κ1) is 15.8. The maximum atomic E-state index is 4.32. The molecule has 0 aromatic heterocycles. The van der Waals surface area contributed by atoms with Gasteiger partial charge in [-0.2, -0.15) is 0 Å². The van der Waals surface area contributed by atoms with E-state index in [2.05, 4.69) is 44.2 Å². The lowest BCUT2D eigenvalue weighted by Gasteiger charge is -2.36. The van der Waals surface area contributed by atoms with Crippen LogP contribution in [0.3, 0.4) is 0 Å². The van der Waals surface area contributed by atoms with Gasteiger partial charge in [0.25, 0.3) is 0 Å². The van der Waals surface area contributed by atoms with Gasteiger partial charge < -0.3 is 4.90 Å². The zero-order valence-corrected chi connectivity index (χ0v) is 12.9. The zero-order valence-electron chi connectivity index (χ0n) is 12.9. The van der Waals surface area contributed by atoms with E-state index in [1.165, 1.54) is 43.4 Å². The molecule has 1 unspecified atom stereocenters. The van der Waals surface area contributed by atoms with E-state index >= 15 is 0 Å². The Morgan fingerprint density at radius 1 is 1.26 bits per heavy atom. The lowest BCUT2D eigenvalue weighted by Crippen LogP contribution is -2.34. The molecule has 1 atom stereocenters. The molecule has 1 fully saturated rings. The largest absolute Gasteiger partial charge is 0.375 e. The predicted molar refractivity (Wildman–Crippen MR) is 86.0 cm³/mol. The highest BCUT2D eigenvalue weighted by atomic mass is 15.1. The van der Waals surface area contributed by atoms with Crippen molar-refractivity contribution in [2.24, 2.45) is 5.92 Å². The Bertz CT molecular complexity index is 356. The molecular weight excluding hydrogens is 230 g/mol. The van der Waals surface area contributed by atoms with Gasteiger partial charge in [-0.05, 0) is 25.3 Å². The fourth-order valence-electron chi connectivity index (χ4n) is 2.80. The van der Waals surface area contributed by atoms with E-state index in [-0.39, 0.29) is 0 Å². The average molecular weight is 259 g/mol. The molecule has 1 heteroatoms. The highest BCUT2D eigenvalue weighted by Gasteiger charge is 2.22.